The predicted octanol–water partition coefficient (Wildman–Crippen LogP) is 2.77. The molecule has 0 saturated carbocycles. The predicted molar refractivity (Wildman–Crippen MR) is 110 cm³/mol. The summed E-state index contributed by atoms with van der Waals surface area (Å²) < 4.78 is 26.8. The topological polar surface area (TPSA) is 86.8 Å². The van der Waals surface area contributed by atoms with Crippen LogP contribution in [0, 0.1) is 0 Å². The minimum atomic E-state index is -0.507. The molecule has 0 aromatic rings. The third-order valence-electron chi connectivity index (χ3n) is 3.30. The van der Waals surface area contributed by atoms with Crippen LogP contribution in [-0.2, 0) is 23.7 Å². The van der Waals surface area contributed by atoms with Crippen LogP contribution in [0.2, 0.25) is 0 Å². The van der Waals surface area contributed by atoms with Gasteiger partial charge in [-0.25, -0.2) is 9.59 Å². The SMILES string of the molecule is CN(CCOCCOCCOCCN(C)C(=O)OC(C)(C)C)C(=O)OC(C)(C)C. The molecular formula is C20H40N2O7. The van der Waals surface area contributed by atoms with Crippen molar-refractivity contribution >= 4 is 12.2 Å². The summed E-state index contributed by atoms with van der Waals surface area (Å²) in [5, 5.41) is 0. The number of ether oxygens (including phenoxy) is 5. The molecule has 9 heteroatoms. The van der Waals surface area contributed by atoms with Gasteiger partial charge in [0.1, 0.15) is 11.2 Å². The van der Waals surface area contributed by atoms with Gasteiger partial charge in [0.2, 0.25) is 0 Å². The van der Waals surface area contributed by atoms with Gasteiger partial charge in [0.05, 0.1) is 39.6 Å². The molecule has 0 N–H and O–H groups in total. The average molecular weight is 421 g/mol. The van der Waals surface area contributed by atoms with Crippen molar-refractivity contribution in [1.29, 1.82) is 0 Å². The molecule has 0 fully saturated rings. The first kappa shape index (κ1) is 27.4. The van der Waals surface area contributed by atoms with E-state index >= 15 is 0 Å². The monoisotopic (exact) mass is 420 g/mol. The van der Waals surface area contributed by atoms with Gasteiger partial charge in [-0.2, -0.15) is 0 Å². The number of hydrogen-bond acceptors (Lipinski definition) is 7. The highest BCUT2D eigenvalue weighted by molar-refractivity contribution is 5.68. The summed E-state index contributed by atoms with van der Waals surface area (Å²) in [6, 6.07) is 0. The standard InChI is InChI=1S/C20H40N2O7/c1-19(2,3)28-17(23)21(7)9-11-25-13-15-27-16-14-26-12-10-22(8)18(24)29-20(4,5)6/h9-16H2,1-8H3. The normalized spacial score (nSPS) is 11.9. The first-order valence-corrected chi connectivity index (χ1v) is 9.93. The number of nitrogens with zero attached hydrogens (tertiary/aromatic N) is 2. The maximum absolute atomic E-state index is 11.8. The lowest BCUT2D eigenvalue weighted by molar-refractivity contribution is 0.000127. The summed E-state index contributed by atoms with van der Waals surface area (Å²) in [5.41, 5.74) is -1.01. The van der Waals surface area contributed by atoms with Crippen molar-refractivity contribution in [2.45, 2.75) is 52.7 Å². The lowest BCUT2D eigenvalue weighted by Gasteiger charge is -2.24. The van der Waals surface area contributed by atoms with Crippen molar-refractivity contribution in [2.24, 2.45) is 0 Å². The van der Waals surface area contributed by atoms with Gasteiger partial charge in [-0.15, -0.1) is 0 Å². The Morgan fingerprint density at radius 1 is 0.586 bits per heavy atom. The smallest absolute Gasteiger partial charge is 0.410 e. The molecule has 0 aliphatic rings. The van der Waals surface area contributed by atoms with Crippen LogP contribution in [-0.4, -0.2) is 100 Å². The molecule has 0 atom stereocenters. The van der Waals surface area contributed by atoms with Crippen molar-refractivity contribution in [3.8, 4) is 0 Å². The zero-order valence-electron chi connectivity index (χ0n) is 19.4. The van der Waals surface area contributed by atoms with Gasteiger partial charge in [-0.3, -0.25) is 0 Å². The van der Waals surface area contributed by atoms with E-state index in [4.69, 9.17) is 23.7 Å². The Morgan fingerprint density at radius 2 is 0.862 bits per heavy atom. The Kier molecular flexibility index (Phi) is 12.9. The fraction of sp³-hybridized carbons (Fsp3) is 0.900. The van der Waals surface area contributed by atoms with Gasteiger partial charge in [0, 0.05) is 27.2 Å². The summed E-state index contributed by atoms with van der Waals surface area (Å²) in [4.78, 5) is 26.5. The molecule has 0 aromatic carbocycles. The first-order valence-electron chi connectivity index (χ1n) is 9.93. The highest BCUT2D eigenvalue weighted by Crippen LogP contribution is 2.09. The average Bonchev–Trinajstić information content (AvgIpc) is 2.56. The summed E-state index contributed by atoms with van der Waals surface area (Å²) in [6.45, 7) is 14.4. The van der Waals surface area contributed by atoms with Crippen LogP contribution in [0.25, 0.3) is 0 Å². The largest absolute Gasteiger partial charge is 0.444 e. The van der Waals surface area contributed by atoms with Crippen LogP contribution in [0.4, 0.5) is 9.59 Å². The summed E-state index contributed by atoms with van der Waals surface area (Å²) in [6.07, 6.45) is -0.737. The molecule has 0 unspecified atom stereocenters. The van der Waals surface area contributed by atoms with E-state index in [-0.39, 0.29) is 12.2 Å². The summed E-state index contributed by atoms with van der Waals surface area (Å²) in [7, 11) is 3.34. The maximum atomic E-state index is 11.8. The van der Waals surface area contributed by atoms with Gasteiger partial charge >= 0.3 is 12.2 Å². The minimum absolute atomic E-state index is 0.369. The van der Waals surface area contributed by atoms with E-state index in [1.165, 1.54) is 9.80 Å². The highest BCUT2D eigenvalue weighted by atomic mass is 16.6. The second kappa shape index (κ2) is 13.6. The van der Waals surface area contributed by atoms with Gasteiger partial charge in [-0.1, -0.05) is 0 Å². The van der Waals surface area contributed by atoms with Crippen LogP contribution in [0.5, 0.6) is 0 Å². The quantitative estimate of drug-likeness (QED) is 0.449. The van der Waals surface area contributed by atoms with Crippen LogP contribution < -0.4 is 0 Å². The van der Waals surface area contributed by atoms with Crippen LogP contribution >= 0.6 is 0 Å². The Hall–Kier alpha value is -1.58. The molecule has 2 amide bonds. The zero-order valence-corrected chi connectivity index (χ0v) is 19.4. The van der Waals surface area contributed by atoms with Crippen LogP contribution in [0.15, 0.2) is 0 Å². The van der Waals surface area contributed by atoms with Crippen molar-refractivity contribution < 1.29 is 33.3 Å². The number of carbonyl (C=O) groups is 2. The van der Waals surface area contributed by atoms with E-state index in [0.29, 0.717) is 52.7 Å². The number of hydrogen-bond donors (Lipinski definition) is 0. The molecule has 0 heterocycles. The molecule has 172 valence electrons. The molecule has 0 aromatic heterocycles. The fourth-order valence-electron chi connectivity index (χ4n) is 1.81. The van der Waals surface area contributed by atoms with E-state index in [1.807, 2.05) is 41.5 Å². The van der Waals surface area contributed by atoms with Crippen LogP contribution in [0.3, 0.4) is 0 Å². The molecule has 9 nitrogen and oxygen atoms in total. The lowest BCUT2D eigenvalue weighted by atomic mass is 10.2. The highest BCUT2D eigenvalue weighted by Gasteiger charge is 2.20. The van der Waals surface area contributed by atoms with Crippen molar-refractivity contribution in [2.75, 3.05) is 66.8 Å². The third-order valence-corrected chi connectivity index (χ3v) is 3.30. The minimum Gasteiger partial charge on any atom is -0.444 e. The van der Waals surface area contributed by atoms with Gasteiger partial charge in [0.15, 0.2) is 0 Å². The Balaban J connectivity index is 3.54. The molecule has 0 bridgehead atoms. The Labute approximate surface area is 175 Å². The molecule has 0 spiro atoms. The number of likely N-dealkylation sites (N-methyl/N-ethyl adjacent to an activating group) is 2. The zero-order chi connectivity index (χ0) is 22.5. The summed E-state index contributed by atoms with van der Waals surface area (Å²) in [5.74, 6) is 0. The lowest BCUT2D eigenvalue weighted by Crippen LogP contribution is -2.36. The molecule has 0 rings (SSSR count). The Bertz CT molecular complexity index is 430. The molecule has 0 aliphatic carbocycles. The number of amides is 2. The van der Waals surface area contributed by atoms with Crippen molar-refractivity contribution in [3.63, 3.8) is 0 Å². The van der Waals surface area contributed by atoms with Crippen molar-refractivity contribution in [1.82, 2.24) is 9.80 Å². The van der Waals surface area contributed by atoms with E-state index in [9.17, 15) is 9.59 Å². The Morgan fingerprint density at radius 3 is 1.14 bits per heavy atom. The van der Waals surface area contributed by atoms with Crippen molar-refractivity contribution in [3.05, 3.63) is 0 Å². The molecule has 0 aliphatic heterocycles. The molecule has 0 radical (unpaired) electrons. The van der Waals surface area contributed by atoms with E-state index < -0.39 is 11.2 Å². The van der Waals surface area contributed by atoms with E-state index in [0.717, 1.165) is 0 Å². The van der Waals surface area contributed by atoms with Crippen LogP contribution in [0.1, 0.15) is 41.5 Å². The van der Waals surface area contributed by atoms with E-state index in [2.05, 4.69) is 0 Å². The second-order valence-electron chi connectivity index (χ2n) is 8.64. The molecule has 0 saturated heterocycles. The first-order chi connectivity index (χ1) is 13.3. The number of rotatable bonds is 12. The summed E-state index contributed by atoms with van der Waals surface area (Å²) >= 11 is 0. The van der Waals surface area contributed by atoms with Gasteiger partial charge in [-0.05, 0) is 41.5 Å². The second-order valence-corrected chi connectivity index (χ2v) is 8.64. The number of carbonyl (C=O) groups excluding carboxylic acids is 2. The van der Waals surface area contributed by atoms with Gasteiger partial charge < -0.3 is 33.5 Å². The molecule has 29 heavy (non-hydrogen) atoms. The van der Waals surface area contributed by atoms with E-state index in [1.54, 1.807) is 14.1 Å². The molecular weight excluding hydrogens is 380 g/mol. The fourth-order valence-corrected chi connectivity index (χ4v) is 1.81. The maximum Gasteiger partial charge on any atom is 0.410 e. The van der Waals surface area contributed by atoms with Gasteiger partial charge in [0.25, 0.3) is 0 Å². The third kappa shape index (κ3) is 17.0.